The van der Waals surface area contributed by atoms with E-state index in [1.165, 1.54) is 14.0 Å². The molecule has 0 aromatic carbocycles. The van der Waals surface area contributed by atoms with Gasteiger partial charge >= 0.3 is 24.2 Å². The predicted octanol–water partition coefficient (Wildman–Crippen LogP) is 3.35. The molecule has 4 saturated heterocycles. The molecule has 4 heterocycles. The van der Waals surface area contributed by atoms with E-state index >= 15 is 0 Å². The van der Waals surface area contributed by atoms with Crippen LogP contribution in [-0.2, 0) is 57.0 Å². The fourth-order valence-corrected chi connectivity index (χ4v) is 10.2. The molecule has 4 fully saturated rings. The molecule has 19 nitrogen and oxygen atoms in total. The molecule has 19 heteroatoms. The molecule has 1 amide bonds. The number of fused-ring (bicyclic) bond motifs is 1. The van der Waals surface area contributed by atoms with Crippen LogP contribution in [0, 0.1) is 17.8 Å². The van der Waals surface area contributed by atoms with E-state index in [1.54, 1.807) is 34.6 Å². The Balaban J connectivity index is 1.85. The third kappa shape index (κ3) is 12.3. The number of methoxy groups -OCH3 is 1. The van der Waals surface area contributed by atoms with Gasteiger partial charge in [0.2, 0.25) is 0 Å². The number of ether oxygens (including phenoxy) is 10. The highest BCUT2D eigenvalue weighted by Gasteiger charge is 2.58. The Kier molecular flexibility index (Phi) is 18.1. The maximum absolute atomic E-state index is 14.7. The molecule has 0 radical (unpaired) electrons. The molecule has 0 bridgehead atoms. The van der Waals surface area contributed by atoms with Gasteiger partial charge in [0.05, 0.1) is 42.0 Å². The number of hydrogen-bond donors (Lipinski definition) is 3. The van der Waals surface area contributed by atoms with Crippen LogP contribution in [-0.4, -0.2) is 177 Å². The van der Waals surface area contributed by atoms with Crippen molar-refractivity contribution in [2.24, 2.45) is 23.5 Å². The Morgan fingerprint density at radius 2 is 1.63 bits per heavy atom. The highest BCUT2D eigenvalue weighted by atomic mass is 16.8. The smallest absolute Gasteiger partial charge is 0.458 e. The van der Waals surface area contributed by atoms with Crippen molar-refractivity contribution in [1.29, 1.82) is 0 Å². The lowest BCUT2D eigenvalue weighted by molar-refractivity contribution is -0.318. The predicted molar refractivity (Wildman–Crippen MR) is 228 cm³/mol. The van der Waals surface area contributed by atoms with Crippen LogP contribution >= 0.6 is 0 Å². The van der Waals surface area contributed by atoms with Crippen LogP contribution in [0.2, 0.25) is 0 Å². The summed E-state index contributed by atoms with van der Waals surface area (Å²) in [6.07, 6.45) is -9.39. The Labute approximate surface area is 373 Å². The van der Waals surface area contributed by atoms with Crippen LogP contribution in [0.3, 0.4) is 0 Å². The first-order chi connectivity index (χ1) is 29.3. The second-order valence-electron chi connectivity index (χ2n) is 19.2. The molecule has 4 aliphatic heterocycles. The van der Waals surface area contributed by atoms with E-state index in [0.29, 0.717) is 13.0 Å². The van der Waals surface area contributed by atoms with Gasteiger partial charge in [-0.1, -0.05) is 20.8 Å². The summed E-state index contributed by atoms with van der Waals surface area (Å²) in [5, 5.41) is 15.5. The number of nitrogens with one attached hydrogen (secondary N) is 1. The normalized spacial score (nSPS) is 43.4. The first kappa shape index (κ1) is 52.7. The Morgan fingerprint density at radius 1 is 0.968 bits per heavy atom. The number of aliphatic hydroxyl groups is 1. The van der Waals surface area contributed by atoms with E-state index in [-0.39, 0.29) is 50.4 Å². The van der Waals surface area contributed by atoms with Crippen molar-refractivity contribution < 1.29 is 71.7 Å². The average molecular weight is 903 g/mol. The van der Waals surface area contributed by atoms with Gasteiger partial charge in [0.15, 0.2) is 36.5 Å². The minimum atomic E-state index is -1.63. The standard InChI is InChI=1S/C44H78N4O15/c1-16-31-44(11)36(62-41(52)63-44)27(6)48(14)22-23(2)20-42(9,53)35(60-39-34(57-29(8)49)30(47(12)13)19-24(3)55-39)25(4)33(26(5)38(50)58-31)59-32-21-43(10,54-15)37(28(7)56-32)61-40(51)46-18-17-45/h23-28,30-37,39,53H,16-22,45H2,1-15H3,(H,46,51)/t23-,24-,25+,26-,27-,28+,30+,31-,32+,33+,34-,35-,36-,37+,39+,42-,43-,44-/m1/s1. The van der Waals surface area contributed by atoms with E-state index in [9.17, 15) is 24.3 Å². The molecule has 0 spiro atoms. The molecule has 4 N–H and O–H groups in total. The number of esters is 2. The number of likely N-dealkylation sites (N-methyl/N-ethyl adjacent to an activating group) is 2. The van der Waals surface area contributed by atoms with Crippen LogP contribution in [0.25, 0.3) is 0 Å². The van der Waals surface area contributed by atoms with Crippen molar-refractivity contribution in [2.45, 2.75) is 192 Å². The fraction of sp³-hybridized carbons (Fsp3) is 0.909. The molecule has 0 saturated carbocycles. The third-order valence-corrected chi connectivity index (χ3v) is 13.6. The monoisotopic (exact) mass is 903 g/mol. The van der Waals surface area contributed by atoms with Crippen molar-refractivity contribution in [3.63, 3.8) is 0 Å². The first-order valence-corrected chi connectivity index (χ1v) is 22.5. The zero-order valence-corrected chi connectivity index (χ0v) is 40.2. The zero-order valence-electron chi connectivity index (χ0n) is 40.2. The topological polar surface area (TPSA) is 225 Å². The molecule has 18 atom stereocenters. The summed E-state index contributed by atoms with van der Waals surface area (Å²) in [6.45, 7) is 20.3. The van der Waals surface area contributed by atoms with Gasteiger partial charge in [-0.2, -0.15) is 0 Å². The van der Waals surface area contributed by atoms with E-state index in [1.807, 2.05) is 65.6 Å². The lowest BCUT2D eigenvalue weighted by Gasteiger charge is -2.49. The van der Waals surface area contributed by atoms with Crippen LogP contribution in [0.5, 0.6) is 0 Å². The van der Waals surface area contributed by atoms with Crippen molar-refractivity contribution >= 4 is 24.2 Å². The Morgan fingerprint density at radius 3 is 2.22 bits per heavy atom. The van der Waals surface area contributed by atoms with Crippen LogP contribution in [0.4, 0.5) is 9.59 Å². The maximum atomic E-state index is 14.7. The number of amides is 1. The van der Waals surface area contributed by atoms with Gasteiger partial charge < -0.3 is 68.4 Å². The second kappa shape index (κ2) is 21.6. The number of carbonyl (C=O) groups excluding carboxylic acids is 4. The van der Waals surface area contributed by atoms with E-state index in [0.717, 1.165) is 0 Å². The quantitative estimate of drug-likeness (QED) is 0.200. The van der Waals surface area contributed by atoms with Crippen molar-refractivity contribution in [1.82, 2.24) is 15.1 Å². The van der Waals surface area contributed by atoms with Gasteiger partial charge in [-0.3, -0.25) is 14.5 Å². The van der Waals surface area contributed by atoms with Crippen LogP contribution < -0.4 is 11.1 Å². The summed E-state index contributed by atoms with van der Waals surface area (Å²) >= 11 is 0. The number of alkyl carbamates (subject to hydrolysis) is 1. The number of hydrogen-bond acceptors (Lipinski definition) is 18. The number of cyclic esters (lactones) is 1. The number of carbonyl (C=O) groups is 4. The molecule has 0 aromatic rings. The summed E-state index contributed by atoms with van der Waals surface area (Å²) in [7, 11) is 7.18. The average Bonchev–Trinajstić information content (AvgIpc) is 3.51. The molecule has 4 rings (SSSR count). The van der Waals surface area contributed by atoms with E-state index in [4.69, 9.17) is 53.1 Å². The minimum Gasteiger partial charge on any atom is -0.458 e. The van der Waals surface area contributed by atoms with Gasteiger partial charge in [-0.15, -0.1) is 0 Å². The molecule has 364 valence electrons. The number of nitrogens with zero attached hydrogens (tertiary/aromatic N) is 2. The second-order valence-corrected chi connectivity index (χ2v) is 19.2. The summed E-state index contributed by atoms with van der Waals surface area (Å²) in [6, 6.07) is -0.685. The molecular weight excluding hydrogens is 824 g/mol. The minimum absolute atomic E-state index is 0.0593. The number of nitrogens with two attached hydrogens (primary N) is 1. The van der Waals surface area contributed by atoms with Crippen molar-refractivity contribution in [2.75, 3.05) is 47.9 Å². The van der Waals surface area contributed by atoms with Crippen molar-refractivity contribution in [3.05, 3.63) is 0 Å². The first-order valence-electron chi connectivity index (χ1n) is 22.5. The highest BCUT2D eigenvalue weighted by Crippen LogP contribution is 2.42. The fourth-order valence-electron chi connectivity index (χ4n) is 10.2. The Bertz CT molecular complexity index is 1560. The Hall–Kier alpha value is -2.88. The molecule has 4 aliphatic rings. The van der Waals surface area contributed by atoms with Gasteiger partial charge in [0.1, 0.15) is 11.7 Å². The van der Waals surface area contributed by atoms with Crippen LogP contribution in [0.1, 0.15) is 102 Å². The molecule has 0 unspecified atom stereocenters. The number of rotatable bonds is 11. The zero-order chi connectivity index (χ0) is 47.4. The van der Waals surface area contributed by atoms with E-state index in [2.05, 4.69) is 5.32 Å². The highest BCUT2D eigenvalue weighted by molar-refractivity contribution is 5.73. The molecule has 0 aliphatic carbocycles. The van der Waals surface area contributed by atoms with E-state index < -0.39 is 114 Å². The van der Waals surface area contributed by atoms with Gasteiger partial charge in [0.25, 0.3) is 0 Å². The van der Waals surface area contributed by atoms with Gasteiger partial charge in [-0.25, -0.2) is 9.59 Å². The molecule has 63 heavy (non-hydrogen) atoms. The lowest BCUT2D eigenvalue weighted by atomic mass is 9.77. The van der Waals surface area contributed by atoms with Crippen molar-refractivity contribution in [3.8, 4) is 0 Å². The lowest BCUT2D eigenvalue weighted by Crippen LogP contribution is -2.61. The molecular formula is C44H78N4O15. The maximum Gasteiger partial charge on any atom is 0.509 e. The van der Waals surface area contributed by atoms with Crippen LogP contribution in [0.15, 0.2) is 0 Å². The summed E-state index contributed by atoms with van der Waals surface area (Å²) in [5.41, 5.74) is 1.47. The third-order valence-electron chi connectivity index (χ3n) is 13.6. The summed E-state index contributed by atoms with van der Waals surface area (Å²) in [5.74, 6) is -3.26. The van der Waals surface area contributed by atoms with Gasteiger partial charge in [-0.05, 0) is 94.8 Å². The van der Waals surface area contributed by atoms with Gasteiger partial charge in [0, 0.05) is 52.0 Å². The SMILES string of the molecule is CC[C@H]1OC(=O)[C@H](C)[C@@H](O[C@H]2C[C@@](C)(OC)[C@@H](OC(=O)NCCN)[C@H](C)O2)[C@H](C)[C@@H](O[C@@H]2O[C@H](C)C[C@H](N(C)C)[C@H]2OC(C)=O)[C@](C)(O)C[C@@H](C)CN(C)[C@H](C)[C@H]2OC(=O)O[C@@]21C. The summed E-state index contributed by atoms with van der Waals surface area (Å²) < 4.78 is 62.5. The summed E-state index contributed by atoms with van der Waals surface area (Å²) in [4.78, 5) is 56.9. The molecule has 0 aromatic heterocycles. The largest absolute Gasteiger partial charge is 0.509 e.